The summed E-state index contributed by atoms with van der Waals surface area (Å²) >= 11 is 5.86. The van der Waals surface area contributed by atoms with Crippen LogP contribution in [0.1, 0.15) is 26.3 Å². The van der Waals surface area contributed by atoms with Gasteiger partial charge in [-0.05, 0) is 38.5 Å². The molecule has 0 amide bonds. The number of fused-ring (bicyclic) bond motifs is 1. The molecule has 2 rings (SSSR count). The number of carbonyl (C=O) groups excluding carboxylic acids is 1. The van der Waals surface area contributed by atoms with Gasteiger partial charge in [-0.3, -0.25) is 0 Å². The third kappa shape index (κ3) is 2.91. The topological polar surface area (TPSA) is 35.5 Å². The smallest absolute Gasteiger partial charge is 0.348 e. The van der Waals surface area contributed by atoms with E-state index in [2.05, 4.69) is 0 Å². The van der Waals surface area contributed by atoms with Crippen molar-refractivity contribution in [2.75, 3.05) is 0 Å². The Morgan fingerprint density at radius 2 is 2.18 bits per heavy atom. The van der Waals surface area contributed by atoms with Crippen LogP contribution in [0.4, 0.5) is 0 Å². The van der Waals surface area contributed by atoms with E-state index < -0.39 is 11.7 Å². The molecule has 92 valence electrons. The maximum Gasteiger partial charge on any atom is 0.348 e. The van der Waals surface area contributed by atoms with Gasteiger partial charge in [0.05, 0.1) is 0 Å². The summed E-state index contributed by atoms with van der Waals surface area (Å²) in [6.07, 6.45) is -0.00999. The van der Waals surface area contributed by atoms with Crippen LogP contribution in [0.15, 0.2) is 18.2 Å². The molecule has 0 fully saturated rings. The first-order valence-corrected chi connectivity index (χ1v) is 5.91. The largest absolute Gasteiger partial charge is 0.478 e. The molecule has 3 nitrogen and oxygen atoms in total. The van der Waals surface area contributed by atoms with Gasteiger partial charge in [0, 0.05) is 11.4 Å². The Morgan fingerprint density at radius 1 is 1.47 bits per heavy atom. The van der Waals surface area contributed by atoms with Crippen LogP contribution < -0.4 is 4.74 Å². The average Bonchev–Trinajstić information content (AvgIpc) is 2.57. The first kappa shape index (κ1) is 12.2. The minimum atomic E-state index is -0.553. The van der Waals surface area contributed by atoms with E-state index in [9.17, 15) is 4.79 Å². The van der Waals surface area contributed by atoms with Gasteiger partial charge in [0.2, 0.25) is 0 Å². The number of ether oxygens (including phenoxy) is 2. The Morgan fingerprint density at radius 3 is 2.82 bits per heavy atom. The van der Waals surface area contributed by atoms with Crippen molar-refractivity contribution in [1.29, 1.82) is 0 Å². The zero-order valence-electron chi connectivity index (χ0n) is 10.1. The van der Waals surface area contributed by atoms with E-state index in [1.165, 1.54) is 0 Å². The zero-order chi connectivity index (χ0) is 12.6. The zero-order valence-corrected chi connectivity index (χ0v) is 10.9. The Balaban J connectivity index is 2.07. The van der Waals surface area contributed by atoms with E-state index in [0.717, 1.165) is 5.56 Å². The van der Waals surface area contributed by atoms with Crippen LogP contribution >= 0.6 is 11.6 Å². The van der Waals surface area contributed by atoms with Crippen LogP contribution in [-0.2, 0) is 16.0 Å². The molecule has 0 spiro atoms. The second-order valence-corrected chi connectivity index (χ2v) is 5.53. The lowest BCUT2D eigenvalue weighted by Crippen LogP contribution is -2.34. The van der Waals surface area contributed by atoms with Gasteiger partial charge in [-0.2, -0.15) is 0 Å². The molecular weight excluding hydrogens is 240 g/mol. The summed E-state index contributed by atoms with van der Waals surface area (Å²) in [5.41, 5.74) is 0.498. The molecule has 0 bridgehead atoms. The number of carbonyl (C=O) groups is 1. The van der Waals surface area contributed by atoms with E-state index in [0.29, 0.717) is 17.2 Å². The van der Waals surface area contributed by atoms with Crippen molar-refractivity contribution in [3.63, 3.8) is 0 Å². The van der Waals surface area contributed by atoms with Crippen molar-refractivity contribution in [2.45, 2.75) is 38.9 Å². The van der Waals surface area contributed by atoms with Crippen LogP contribution in [0.25, 0.3) is 0 Å². The van der Waals surface area contributed by atoms with Gasteiger partial charge in [0.25, 0.3) is 0 Å². The number of halogens is 1. The highest BCUT2D eigenvalue weighted by atomic mass is 35.5. The Kier molecular flexibility index (Phi) is 3.04. The molecule has 0 aromatic heterocycles. The average molecular weight is 255 g/mol. The van der Waals surface area contributed by atoms with Gasteiger partial charge in [0.1, 0.15) is 11.4 Å². The molecule has 1 aliphatic rings. The summed E-state index contributed by atoms with van der Waals surface area (Å²) in [5, 5.41) is 0.605. The first-order chi connectivity index (χ1) is 7.85. The van der Waals surface area contributed by atoms with Gasteiger partial charge in [-0.15, -0.1) is 0 Å². The Hall–Kier alpha value is -1.22. The molecule has 0 saturated carbocycles. The van der Waals surface area contributed by atoms with E-state index in [-0.39, 0.29) is 5.97 Å². The third-order valence-electron chi connectivity index (χ3n) is 2.37. The molecule has 0 aliphatic carbocycles. The van der Waals surface area contributed by atoms with Crippen molar-refractivity contribution in [3.05, 3.63) is 28.8 Å². The van der Waals surface area contributed by atoms with E-state index in [4.69, 9.17) is 21.1 Å². The van der Waals surface area contributed by atoms with Crippen LogP contribution in [0.3, 0.4) is 0 Å². The summed E-state index contributed by atoms with van der Waals surface area (Å²) in [6, 6.07) is 5.39. The standard InChI is InChI=1S/C13H15ClO3/c1-13(2,3)17-12(15)11-6-8-4-5-9(14)7-10(8)16-11/h4-5,7,11H,6H2,1-3H3. The maximum absolute atomic E-state index is 11.8. The second kappa shape index (κ2) is 4.22. The van der Waals surface area contributed by atoms with E-state index in [1.807, 2.05) is 26.8 Å². The maximum atomic E-state index is 11.8. The lowest BCUT2D eigenvalue weighted by molar-refractivity contribution is -0.162. The minimum Gasteiger partial charge on any atom is -0.478 e. The molecule has 4 heteroatoms. The summed E-state index contributed by atoms with van der Waals surface area (Å²) < 4.78 is 10.8. The van der Waals surface area contributed by atoms with Gasteiger partial charge >= 0.3 is 5.97 Å². The number of hydrogen-bond acceptors (Lipinski definition) is 3. The minimum absolute atomic E-state index is 0.329. The van der Waals surface area contributed by atoms with Gasteiger partial charge in [-0.1, -0.05) is 17.7 Å². The van der Waals surface area contributed by atoms with Crippen LogP contribution in [-0.4, -0.2) is 17.7 Å². The molecule has 1 unspecified atom stereocenters. The van der Waals surface area contributed by atoms with E-state index in [1.54, 1.807) is 12.1 Å². The molecule has 0 N–H and O–H groups in total. The summed E-state index contributed by atoms with van der Waals surface area (Å²) in [5.74, 6) is 0.346. The highest BCUT2D eigenvalue weighted by Gasteiger charge is 2.32. The molecule has 1 atom stereocenters. The molecular formula is C13H15ClO3. The lowest BCUT2D eigenvalue weighted by Gasteiger charge is -2.21. The van der Waals surface area contributed by atoms with Gasteiger partial charge in [-0.25, -0.2) is 4.79 Å². The van der Waals surface area contributed by atoms with Crippen molar-refractivity contribution in [3.8, 4) is 5.75 Å². The fraction of sp³-hybridized carbons (Fsp3) is 0.462. The third-order valence-corrected chi connectivity index (χ3v) is 2.61. The van der Waals surface area contributed by atoms with Gasteiger partial charge < -0.3 is 9.47 Å². The van der Waals surface area contributed by atoms with E-state index >= 15 is 0 Å². The molecule has 17 heavy (non-hydrogen) atoms. The number of hydrogen-bond donors (Lipinski definition) is 0. The van der Waals surface area contributed by atoms with Crippen molar-refractivity contribution in [2.24, 2.45) is 0 Å². The highest BCUT2D eigenvalue weighted by molar-refractivity contribution is 6.30. The summed E-state index contributed by atoms with van der Waals surface area (Å²) in [6.45, 7) is 5.51. The number of esters is 1. The van der Waals surface area contributed by atoms with Crippen molar-refractivity contribution < 1.29 is 14.3 Å². The first-order valence-electron chi connectivity index (χ1n) is 5.53. The lowest BCUT2D eigenvalue weighted by atomic mass is 10.1. The Bertz CT molecular complexity index is 448. The summed E-state index contributed by atoms with van der Waals surface area (Å²) in [4.78, 5) is 11.8. The normalized spacial score (nSPS) is 18.5. The number of benzene rings is 1. The SMILES string of the molecule is CC(C)(C)OC(=O)C1Cc2ccc(Cl)cc2O1. The molecule has 1 aromatic carbocycles. The van der Waals surface area contributed by atoms with Crippen LogP contribution in [0.2, 0.25) is 5.02 Å². The molecule has 1 heterocycles. The van der Waals surface area contributed by atoms with Crippen LogP contribution in [0, 0.1) is 0 Å². The fourth-order valence-corrected chi connectivity index (χ4v) is 1.86. The van der Waals surface area contributed by atoms with Crippen molar-refractivity contribution in [1.82, 2.24) is 0 Å². The second-order valence-electron chi connectivity index (χ2n) is 5.10. The number of rotatable bonds is 1. The monoisotopic (exact) mass is 254 g/mol. The Labute approximate surface area is 106 Å². The molecule has 1 aromatic rings. The molecule has 1 aliphatic heterocycles. The van der Waals surface area contributed by atoms with Gasteiger partial charge in [0.15, 0.2) is 6.10 Å². The molecule has 0 saturated heterocycles. The summed E-state index contributed by atoms with van der Waals surface area (Å²) in [7, 11) is 0. The quantitative estimate of drug-likeness (QED) is 0.723. The van der Waals surface area contributed by atoms with Crippen LogP contribution in [0.5, 0.6) is 5.75 Å². The highest BCUT2D eigenvalue weighted by Crippen LogP contribution is 2.32. The predicted octanol–water partition coefficient (Wildman–Crippen LogP) is 2.99. The van der Waals surface area contributed by atoms with Crippen molar-refractivity contribution >= 4 is 17.6 Å². The molecule has 0 radical (unpaired) electrons. The fourth-order valence-electron chi connectivity index (χ4n) is 1.70. The predicted molar refractivity (Wildman–Crippen MR) is 65.4 cm³/mol.